The first-order chi connectivity index (χ1) is 15.4. The van der Waals surface area contributed by atoms with Crippen LogP contribution in [0.15, 0.2) is 59.9 Å². The number of ketones is 1. The molecule has 2 aliphatic rings. The van der Waals surface area contributed by atoms with Crippen molar-refractivity contribution in [1.82, 2.24) is 0 Å². The molecular formula is C27H31NO4. The number of hydrogen-bond donors (Lipinski definition) is 1. The Morgan fingerprint density at radius 2 is 1.75 bits per heavy atom. The molecular weight excluding hydrogens is 402 g/mol. The monoisotopic (exact) mass is 433 g/mol. The third kappa shape index (κ3) is 3.97. The van der Waals surface area contributed by atoms with Crippen LogP contribution in [0.5, 0.6) is 0 Å². The van der Waals surface area contributed by atoms with Gasteiger partial charge in [0, 0.05) is 18.7 Å². The van der Waals surface area contributed by atoms with Crippen LogP contribution in [-0.4, -0.2) is 23.9 Å². The van der Waals surface area contributed by atoms with Gasteiger partial charge in [0.05, 0.1) is 18.2 Å². The predicted molar refractivity (Wildman–Crippen MR) is 125 cm³/mol. The van der Waals surface area contributed by atoms with Crippen LogP contribution in [0, 0.1) is 5.92 Å². The van der Waals surface area contributed by atoms with Gasteiger partial charge in [-0.25, -0.2) is 0 Å². The third-order valence-corrected chi connectivity index (χ3v) is 6.65. The zero-order valence-corrected chi connectivity index (χ0v) is 19.0. The second-order valence-corrected chi connectivity index (χ2v) is 9.06. The third-order valence-electron chi connectivity index (χ3n) is 6.65. The number of rotatable bonds is 7. The number of amides is 1. The second kappa shape index (κ2) is 9.29. The number of methoxy groups -OCH3 is 1. The Hall–Kier alpha value is -2.92. The van der Waals surface area contributed by atoms with Gasteiger partial charge in [-0.3, -0.25) is 14.5 Å². The van der Waals surface area contributed by atoms with E-state index >= 15 is 0 Å². The number of benzene rings is 2. The molecule has 2 aromatic rings. The summed E-state index contributed by atoms with van der Waals surface area (Å²) in [7, 11) is 1.61. The maximum absolute atomic E-state index is 13.3. The Bertz CT molecular complexity index is 1030. The zero-order chi connectivity index (χ0) is 22.8. The lowest BCUT2D eigenvalue weighted by Gasteiger charge is -2.29. The molecule has 1 heterocycles. The first-order valence-corrected chi connectivity index (χ1v) is 11.4. The van der Waals surface area contributed by atoms with Gasteiger partial charge >= 0.3 is 0 Å². The molecule has 1 unspecified atom stereocenters. The van der Waals surface area contributed by atoms with E-state index in [-0.39, 0.29) is 17.3 Å². The quantitative estimate of drug-likeness (QED) is 0.616. The van der Waals surface area contributed by atoms with E-state index in [1.165, 1.54) is 31.2 Å². The van der Waals surface area contributed by atoms with Gasteiger partial charge in [-0.05, 0) is 47.6 Å². The Kier molecular flexibility index (Phi) is 6.47. The second-order valence-electron chi connectivity index (χ2n) is 9.06. The van der Waals surface area contributed by atoms with E-state index in [9.17, 15) is 14.7 Å². The molecule has 1 aliphatic carbocycles. The van der Waals surface area contributed by atoms with Crippen LogP contribution in [0.25, 0.3) is 0 Å². The largest absolute Gasteiger partial charge is 0.503 e. The molecule has 1 saturated carbocycles. The van der Waals surface area contributed by atoms with Crippen molar-refractivity contribution in [3.05, 3.63) is 76.6 Å². The molecule has 1 amide bonds. The van der Waals surface area contributed by atoms with Crippen molar-refractivity contribution >= 4 is 17.4 Å². The Labute approximate surface area is 189 Å². The van der Waals surface area contributed by atoms with Gasteiger partial charge < -0.3 is 9.84 Å². The molecule has 5 heteroatoms. The summed E-state index contributed by atoms with van der Waals surface area (Å²) in [6.45, 7) is 3.91. The minimum atomic E-state index is -0.693. The lowest BCUT2D eigenvalue weighted by atomic mass is 9.89. The highest BCUT2D eigenvalue weighted by molar-refractivity contribution is 6.16. The van der Waals surface area contributed by atoms with Crippen molar-refractivity contribution < 1.29 is 19.4 Å². The fraction of sp³-hybridized carbons (Fsp3) is 0.407. The average Bonchev–Trinajstić information content (AvgIpc) is 3.42. The first-order valence-electron chi connectivity index (χ1n) is 11.4. The van der Waals surface area contributed by atoms with Gasteiger partial charge in [0.15, 0.2) is 11.5 Å². The molecule has 1 aliphatic heterocycles. The minimum absolute atomic E-state index is 0.161. The summed E-state index contributed by atoms with van der Waals surface area (Å²) in [6, 6.07) is 15.0. The van der Waals surface area contributed by atoms with Gasteiger partial charge in [0.1, 0.15) is 0 Å². The summed E-state index contributed by atoms with van der Waals surface area (Å²) in [5.41, 5.74) is 3.78. The summed E-state index contributed by atoms with van der Waals surface area (Å²) >= 11 is 0. The lowest BCUT2D eigenvalue weighted by Crippen LogP contribution is -2.32. The summed E-state index contributed by atoms with van der Waals surface area (Å²) in [5.74, 6) is -0.998. The number of aliphatic hydroxyl groups is 1. The molecule has 168 valence electrons. The summed E-state index contributed by atoms with van der Waals surface area (Å²) in [5, 5.41) is 10.8. The maximum Gasteiger partial charge on any atom is 0.294 e. The number of nitrogens with zero attached hydrogens (tertiary/aromatic N) is 1. The fourth-order valence-corrected chi connectivity index (χ4v) is 4.98. The van der Waals surface area contributed by atoms with Crippen LogP contribution in [0.4, 0.5) is 5.69 Å². The van der Waals surface area contributed by atoms with E-state index in [2.05, 4.69) is 12.1 Å². The molecule has 0 aromatic heterocycles. The molecule has 0 spiro atoms. The molecule has 32 heavy (non-hydrogen) atoms. The SMILES string of the molecule is COCc1ccccc1C1C(C(=O)C(C)C)=C(O)C(=O)N1c1ccc(C2CCCC2)cc1. The molecule has 0 saturated heterocycles. The number of aliphatic hydroxyl groups excluding tert-OH is 1. The zero-order valence-electron chi connectivity index (χ0n) is 19.0. The summed E-state index contributed by atoms with van der Waals surface area (Å²) < 4.78 is 5.37. The summed E-state index contributed by atoms with van der Waals surface area (Å²) in [4.78, 5) is 28.0. The van der Waals surface area contributed by atoms with Crippen LogP contribution in [0.3, 0.4) is 0 Å². The van der Waals surface area contributed by atoms with E-state index in [0.29, 0.717) is 18.2 Å². The van der Waals surface area contributed by atoms with Crippen molar-refractivity contribution in [2.24, 2.45) is 5.92 Å². The predicted octanol–water partition coefficient (Wildman–Crippen LogP) is 5.62. The van der Waals surface area contributed by atoms with Crippen LogP contribution in [0.1, 0.15) is 68.2 Å². The van der Waals surface area contributed by atoms with Crippen molar-refractivity contribution in [2.75, 3.05) is 12.0 Å². The smallest absolute Gasteiger partial charge is 0.294 e. The van der Waals surface area contributed by atoms with Gasteiger partial charge in [-0.15, -0.1) is 0 Å². The maximum atomic E-state index is 13.3. The average molecular weight is 434 g/mol. The van der Waals surface area contributed by atoms with Crippen LogP contribution in [-0.2, 0) is 20.9 Å². The van der Waals surface area contributed by atoms with Crippen molar-refractivity contribution in [2.45, 2.75) is 58.1 Å². The molecule has 2 aromatic carbocycles. The highest BCUT2D eigenvalue weighted by Crippen LogP contribution is 2.43. The fourth-order valence-electron chi connectivity index (χ4n) is 4.98. The Balaban J connectivity index is 1.80. The topological polar surface area (TPSA) is 66.8 Å². The van der Waals surface area contributed by atoms with Crippen LogP contribution < -0.4 is 4.90 Å². The van der Waals surface area contributed by atoms with Gasteiger partial charge in [-0.2, -0.15) is 0 Å². The molecule has 0 radical (unpaired) electrons. The standard InChI is InChI=1S/C27H31NO4/c1-17(2)25(29)23-24(22-11-7-6-10-20(22)16-32-3)28(27(31)26(23)30)21-14-12-19(13-15-21)18-8-4-5-9-18/h6-7,10-15,17-18,24,30H,4-5,8-9,16H2,1-3H3. The van der Waals surface area contributed by atoms with E-state index in [0.717, 1.165) is 11.1 Å². The first kappa shape index (κ1) is 22.3. The van der Waals surface area contributed by atoms with E-state index < -0.39 is 17.7 Å². The number of carbonyl (C=O) groups excluding carboxylic acids is 2. The lowest BCUT2D eigenvalue weighted by molar-refractivity contribution is -0.119. The number of Topliss-reactive ketones (excluding diaryl/α,β-unsaturated/α-hetero) is 1. The summed E-state index contributed by atoms with van der Waals surface area (Å²) in [6.07, 6.45) is 4.91. The highest BCUT2D eigenvalue weighted by atomic mass is 16.5. The van der Waals surface area contributed by atoms with Crippen molar-refractivity contribution in [1.29, 1.82) is 0 Å². The molecule has 1 N–H and O–H groups in total. The molecule has 5 nitrogen and oxygen atoms in total. The number of hydrogen-bond acceptors (Lipinski definition) is 4. The number of anilines is 1. The highest BCUT2D eigenvalue weighted by Gasteiger charge is 2.45. The van der Waals surface area contributed by atoms with E-state index in [1.807, 2.05) is 36.4 Å². The van der Waals surface area contributed by atoms with Crippen LogP contribution in [0.2, 0.25) is 0 Å². The Morgan fingerprint density at radius 1 is 1.09 bits per heavy atom. The van der Waals surface area contributed by atoms with Crippen molar-refractivity contribution in [3.63, 3.8) is 0 Å². The number of carbonyl (C=O) groups is 2. The molecule has 1 atom stereocenters. The van der Waals surface area contributed by atoms with Gasteiger partial charge in [-0.1, -0.05) is 63.1 Å². The minimum Gasteiger partial charge on any atom is -0.503 e. The van der Waals surface area contributed by atoms with E-state index in [1.54, 1.807) is 25.9 Å². The van der Waals surface area contributed by atoms with Gasteiger partial charge in [0.2, 0.25) is 0 Å². The van der Waals surface area contributed by atoms with Crippen molar-refractivity contribution in [3.8, 4) is 0 Å². The molecule has 0 bridgehead atoms. The molecule has 1 fully saturated rings. The van der Waals surface area contributed by atoms with Crippen LogP contribution >= 0.6 is 0 Å². The Morgan fingerprint density at radius 3 is 2.38 bits per heavy atom. The normalized spacial score (nSPS) is 19.4. The molecule has 4 rings (SSSR count). The number of ether oxygens (including phenoxy) is 1. The van der Waals surface area contributed by atoms with E-state index in [4.69, 9.17) is 4.74 Å². The van der Waals surface area contributed by atoms with Gasteiger partial charge in [0.25, 0.3) is 5.91 Å².